The topological polar surface area (TPSA) is 118 Å². The minimum Gasteiger partial charge on any atom is -0.446 e. The maximum atomic E-state index is 14.6. The molecule has 2 saturated heterocycles. The van der Waals surface area contributed by atoms with E-state index in [0.29, 0.717) is 94.9 Å². The number of likely N-dealkylation sites (tertiary alicyclic amines) is 2. The molecule has 0 spiro atoms. The van der Waals surface area contributed by atoms with Crippen molar-refractivity contribution in [1.29, 1.82) is 0 Å². The second-order valence-corrected chi connectivity index (χ2v) is 15.7. The lowest BCUT2D eigenvalue weighted by Crippen LogP contribution is -2.46. The zero-order valence-corrected chi connectivity index (χ0v) is 31.3. The van der Waals surface area contributed by atoms with Crippen molar-refractivity contribution in [3.8, 4) is 11.1 Å². The molecule has 1 aromatic carbocycles. The number of anilines is 2. The summed E-state index contributed by atoms with van der Waals surface area (Å²) < 4.78 is 44.3. The third-order valence-electron chi connectivity index (χ3n) is 10.8. The minimum atomic E-state index is -2.68. The molecule has 4 aliphatic rings. The number of piperidine rings is 2. The van der Waals surface area contributed by atoms with Crippen molar-refractivity contribution >= 4 is 29.6 Å². The van der Waals surface area contributed by atoms with Gasteiger partial charge in [0, 0.05) is 107 Å². The minimum absolute atomic E-state index is 0.0168. The van der Waals surface area contributed by atoms with Gasteiger partial charge in [-0.1, -0.05) is 0 Å². The summed E-state index contributed by atoms with van der Waals surface area (Å²) in [7, 11) is 1.77. The molecule has 0 unspecified atom stereocenters. The number of rotatable bonds is 5. The summed E-state index contributed by atoms with van der Waals surface area (Å²) in [5, 5.41) is 9.44. The Kier molecular flexibility index (Phi) is 10.1. The molecule has 0 radical (unpaired) electrons. The van der Waals surface area contributed by atoms with Crippen LogP contribution in [0.3, 0.4) is 0 Å². The molecule has 13 nitrogen and oxygen atoms in total. The number of carbonyl (C=O) groups excluding carboxylic acids is 3. The third-order valence-corrected chi connectivity index (χ3v) is 10.8. The van der Waals surface area contributed by atoms with Crippen molar-refractivity contribution in [3.05, 3.63) is 46.9 Å². The lowest BCUT2D eigenvalue weighted by molar-refractivity contribution is -0.129. The predicted octanol–water partition coefficient (Wildman–Crippen LogP) is 6.38. The highest BCUT2D eigenvalue weighted by atomic mass is 19.3. The average molecular weight is 737 g/mol. The van der Waals surface area contributed by atoms with Gasteiger partial charge in [0.25, 0.3) is 6.43 Å². The molecule has 53 heavy (non-hydrogen) atoms. The summed E-state index contributed by atoms with van der Waals surface area (Å²) in [6.45, 7) is 10.6. The van der Waals surface area contributed by atoms with Crippen LogP contribution in [0.1, 0.15) is 94.7 Å². The van der Waals surface area contributed by atoms with Crippen LogP contribution in [0, 0.1) is 0 Å². The molecule has 3 amide bonds. The molecule has 0 saturated carbocycles. The first-order valence-corrected chi connectivity index (χ1v) is 18.8. The van der Waals surface area contributed by atoms with Gasteiger partial charge in [-0.05, 0) is 69.7 Å². The number of benzene rings is 1. The summed E-state index contributed by atoms with van der Waals surface area (Å²) in [5.74, 6) is 0.692. The van der Waals surface area contributed by atoms with Crippen molar-refractivity contribution in [2.75, 3.05) is 44.2 Å². The highest BCUT2D eigenvalue weighted by Gasteiger charge is 2.36. The molecule has 6 heterocycles. The molecule has 2 fully saturated rings. The van der Waals surface area contributed by atoms with E-state index in [-0.39, 0.29) is 35.8 Å². The van der Waals surface area contributed by atoms with Crippen LogP contribution < -0.4 is 4.90 Å². The van der Waals surface area contributed by atoms with E-state index < -0.39 is 12.0 Å². The molecule has 2 aromatic heterocycles. The summed E-state index contributed by atoms with van der Waals surface area (Å²) in [6.07, 6.45) is 4.43. The number of fused-ring (bicyclic) bond motifs is 2. The van der Waals surface area contributed by atoms with Crippen molar-refractivity contribution in [3.63, 3.8) is 0 Å². The molecule has 4 aliphatic heterocycles. The first kappa shape index (κ1) is 36.7. The van der Waals surface area contributed by atoms with E-state index >= 15 is 0 Å². The van der Waals surface area contributed by atoms with Gasteiger partial charge in [-0.2, -0.15) is 10.2 Å². The van der Waals surface area contributed by atoms with Crippen LogP contribution in [-0.4, -0.2) is 103 Å². The van der Waals surface area contributed by atoms with Gasteiger partial charge in [0.2, 0.25) is 5.91 Å². The lowest BCUT2D eigenvalue weighted by atomic mass is 9.92. The van der Waals surface area contributed by atoms with Gasteiger partial charge >= 0.3 is 12.2 Å². The largest absolute Gasteiger partial charge is 0.446 e. The zero-order valence-electron chi connectivity index (χ0n) is 31.3. The molecule has 3 aromatic rings. The van der Waals surface area contributed by atoms with Crippen LogP contribution in [0.4, 0.5) is 29.9 Å². The molecule has 286 valence electrons. The highest BCUT2D eigenvalue weighted by molar-refractivity contribution is 5.78. The SMILES string of the molecule is CC(=O)N1CCc2c(c(N3CCCc4cc(-c5cnn(C)c5)c(C(F)F)cc43)nn2C2CCN(C(=O)OC3CCN(C(=O)OC(C)(C)C)CC3)CC2)C1. The molecule has 0 atom stereocenters. The standard InChI is InChI=1S/C38H50F2N8O5/c1-24(49)46-18-12-32-31(23-46)35(47-13-6-7-25-19-29(26-21-41-43(5)22-26)30(34(39)40)20-33(25)47)42-48(32)27-8-14-44(15-9-27)36(50)52-28-10-16-45(17-11-28)37(51)53-38(2,3)4/h19-22,27-28,34H,6-18,23H2,1-5H3. The summed E-state index contributed by atoms with van der Waals surface area (Å²) in [6, 6.07) is 3.52. The van der Waals surface area contributed by atoms with Crippen LogP contribution in [0.5, 0.6) is 0 Å². The number of alkyl halides is 2. The fourth-order valence-corrected chi connectivity index (χ4v) is 8.07. The molecule has 7 rings (SSSR count). The Hall–Kier alpha value is -4.69. The average Bonchev–Trinajstić information content (AvgIpc) is 3.73. The molecule has 0 N–H and O–H groups in total. The Balaban J connectivity index is 1.08. The first-order valence-electron chi connectivity index (χ1n) is 18.8. The second kappa shape index (κ2) is 14.6. The Morgan fingerprint density at radius 2 is 1.60 bits per heavy atom. The second-order valence-electron chi connectivity index (χ2n) is 15.7. The maximum Gasteiger partial charge on any atom is 0.410 e. The molecule has 0 bridgehead atoms. The number of aryl methyl sites for hydroxylation is 2. The zero-order chi connectivity index (χ0) is 37.6. The van der Waals surface area contributed by atoms with Crippen LogP contribution >= 0.6 is 0 Å². The summed E-state index contributed by atoms with van der Waals surface area (Å²) >= 11 is 0. The number of carbonyl (C=O) groups is 3. The van der Waals surface area contributed by atoms with E-state index in [1.54, 1.807) is 46.9 Å². The number of halogens is 2. The van der Waals surface area contributed by atoms with Crippen LogP contribution in [0.15, 0.2) is 24.5 Å². The van der Waals surface area contributed by atoms with Gasteiger partial charge in [-0.25, -0.2) is 18.4 Å². The predicted molar refractivity (Wildman–Crippen MR) is 193 cm³/mol. The quantitative estimate of drug-likeness (QED) is 0.296. The fourth-order valence-electron chi connectivity index (χ4n) is 8.07. The van der Waals surface area contributed by atoms with E-state index in [9.17, 15) is 23.2 Å². The Labute approximate surface area is 308 Å². The molecular weight excluding hydrogens is 686 g/mol. The lowest BCUT2D eigenvalue weighted by Gasteiger charge is -2.36. The number of aromatic nitrogens is 4. The van der Waals surface area contributed by atoms with Crippen LogP contribution in [-0.2, 0) is 40.7 Å². The van der Waals surface area contributed by atoms with Crippen molar-refractivity contribution in [2.24, 2.45) is 7.05 Å². The van der Waals surface area contributed by atoms with Crippen molar-refractivity contribution < 1.29 is 32.6 Å². The molecular formula is C38H50F2N8O5. The van der Waals surface area contributed by atoms with Crippen LogP contribution in [0.2, 0.25) is 0 Å². The fraction of sp³-hybridized carbons (Fsp3) is 0.605. The van der Waals surface area contributed by atoms with E-state index in [0.717, 1.165) is 35.3 Å². The summed E-state index contributed by atoms with van der Waals surface area (Å²) in [4.78, 5) is 45.5. The smallest absolute Gasteiger partial charge is 0.410 e. The number of ether oxygens (including phenoxy) is 2. The Morgan fingerprint density at radius 3 is 2.25 bits per heavy atom. The maximum absolute atomic E-state index is 14.6. The number of nitrogens with zero attached hydrogens (tertiary/aromatic N) is 8. The monoisotopic (exact) mass is 736 g/mol. The molecule has 0 aliphatic carbocycles. The van der Waals surface area contributed by atoms with Gasteiger partial charge in [-0.3, -0.25) is 14.2 Å². The number of hydrogen-bond donors (Lipinski definition) is 0. The van der Waals surface area contributed by atoms with Gasteiger partial charge in [-0.15, -0.1) is 0 Å². The number of hydrogen-bond acceptors (Lipinski definition) is 8. The highest BCUT2D eigenvalue weighted by Crippen LogP contribution is 2.43. The van der Waals surface area contributed by atoms with E-state index in [2.05, 4.69) is 14.7 Å². The third kappa shape index (κ3) is 7.70. The Bertz CT molecular complexity index is 1850. The van der Waals surface area contributed by atoms with Crippen LogP contribution in [0.25, 0.3) is 11.1 Å². The summed E-state index contributed by atoms with van der Waals surface area (Å²) in [5.41, 5.74) is 4.24. The van der Waals surface area contributed by atoms with Gasteiger partial charge < -0.3 is 29.1 Å². The van der Waals surface area contributed by atoms with E-state index in [1.165, 1.54) is 0 Å². The molecule has 15 heteroatoms. The Morgan fingerprint density at radius 1 is 0.906 bits per heavy atom. The van der Waals surface area contributed by atoms with Gasteiger partial charge in [0.05, 0.1) is 18.8 Å². The van der Waals surface area contributed by atoms with Gasteiger partial charge in [0.1, 0.15) is 11.7 Å². The first-order chi connectivity index (χ1) is 25.3. The van der Waals surface area contributed by atoms with Gasteiger partial charge in [0.15, 0.2) is 5.82 Å². The van der Waals surface area contributed by atoms with E-state index in [4.69, 9.17) is 14.6 Å². The van der Waals surface area contributed by atoms with Crippen molar-refractivity contribution in [1.82, 2.24) is 34.3 Å². The van der Waals surface area contributed by atoms with Crippen molar-refractivity contribution in [2.45, 2.75) is 103 Å². The number of amides is 3. The van der Waals surface area contributed by atoms with E-state index in [1.807, 2.05) is 31.7 Å². The normalized spacial score (nSPS) is 18.6.